The summed E-state index contributed by atoms with van der Waals surface area (Å²) < 4.78 is 71.1. The average molecular weight is 738 g/mol. The molecule has 0 aromatic carbocycles. The van der Waals surface area contributed by atoms with Gasteiger partial charge in [0, 0.05) is 26.2 Å². The second-order valence-corrected chi connectivity index (χ2v) is 19.2. The zero-order valence-corrected chi connectivity index (χ0v) is 28.2. The largest absolute Gasteiger partial charge is 0.361 e. The zero-order valence-electron chi connectivity index (χ0n) is 21.0. The molecule has 0 bridgehead atoms. The van der Waals surface area contributed by atoms with Crippen LogP contribution >= 0.6 is 71.5 Å². The second kappa shape index (κ2) is 14.1. The van der Waals surface area contributed by atoms with Crippen molar-refractivity contribution >= 4 is 116 Å². The van der Waals surface area contributed by atoms with E-state index in [1.807, 2.05) is 0 Å². The molecule has 0 spiro atoms. The molecule has 5 N–H and O–H groups in total. The van der Waals surface area contributed by atoms with Gasteiger partial charge in [-0.1, -0.05) is 0 Å². The Balaban J connectivity index is 1.52. The topological polar surface area (TPSA) is 166 Å². The number of nitrogens with zero attached hydrogens (tertiary/aromatic N) is 1. The molecule has 3 aliphatic heterocycles. The molecule has 0 aliphatic carbocycles. The van der Waals surface area contributed by atoms with Gasteiger partial charge in [0.2, 0.25) is 0 Å². The Labute approximate surface area is 266 Å². The number of thiocarbonyl (C=S) groups is 3. The third kappa shape index (κ3) is 10.5. The molecule has 0 saturated carbocycles. The summed E-state index contributed by atoms with van der Waals surface area (Å²) in [5, 5.41) is 13.8. The minimum atomic E-state index is -3.28. The minimum Gasteiger partial charge on any atom is -0.361 e. The quantitative estimate of drug-likeness (QED) is 0.134. The molecule has 3 heterocycles. The molecule has 3 fully saturated rings. The predicted octanol–water partition coefficient (Wildman–Crippen LogP) is -1.70. The van der Waals surface area contributed by atoms with Crippen molar-refractivity contribution in [1.29, 1.82) is 0 Å². The van der Waals surface area contributed by atoms with E-state index in [1.54, 1.807) is 4.90 Å². The van der Waals surface area contributed by atoms with Crippen molar-refractivity contribution in [3.63, 3.8) is 0 Å². The van der Waals surface area contributed by atoms with Crippen LogP contribution in [0.3, 0.4) is 0 Å². The highest BCUT2D eigenvalue weighted by atomic mass is 35.5. The minimum absolute atomic E-state index is 0.107. The van der Waals surface area contributed by atoms with Gasteiger partial charge < -0.3 is 31.5 Å². The first kappa shape index (κ1) is 34.3. The van der Waals surface area contributed by atoms with Gasteiger partial charge in [-0.05, 0) is 36.7 Å². The molecule has 0 aromatic rings. The van der Waals surface area contributed by atoms with Crippen LogP contribution in [0.1, 0.15) is 0 Å². The summed E-state index contributed by atoms with van der Waals surface area (Å²) in [6.45, 7) is 1.29. The number of sulfone groups is 3. The van der Waals surface area contributed by atoms with Crippen LogP contribution in [0.5, 0.6) is 0 Å². The lowest BCUT2D eigenvalue weighted by Gasteiger charge is -2.29. The van der Waals surface area contributed by atoms with E-state index in [1.165, 1.54) is 0 Å². The van der Waals surface area contributed by atoms with Crippen LogP contribution in [0.4, 0.5) is 0 Å². The molecule has 0 aromatic heterocycles. The first-order chi connectivity index (χ1) is 18.5. The number of alkyl halides is 3. The first-order valence-corrected chi connectivity index (χ1v) is 20.1. The second-order valence-electron chi connectivity index (χ2n) is 9.84. The Morgan fingerprint density at radius 3 is 1.23 bits per heavy atom. The molecule has 0 radical (unpaired) electrons. The van der Waals surface area contributed by atoms with Gasteiger partial charge >= 0.3 is 0 Å². The van der Waals surface area contributed by atoms with E-state index in [9.17, 15) is 25.3 Å². The van der Waals surface area contributed by atoms with Gasteiger partial charge in [-0.25, -0.2) is 25.3 Å². The summed E-state index contributed by atoms with van der Waals surface area (Å²) in [6.07, 6.45) is 0. The molecule has 21 heteroatoms. The van der Waals surface area contributed by atoms with Gasteiger partial charge in [-0.15, -0.1) is 34.8 Å². The smallest absolute Gasteiger partial charge is 0.169 e. The normalized spacial score (nSPS) is 31.7. The van der Waals surface area contributed by atoms with E-state index in [-0.39, 0.29) is 49.9 Å². The lowest BCUT2D eigenvalue weighted by atomic mass is 10.2. The fourth-order valence-corrected chi connectivity index (χ4v) is 12.9. The molecule has 6 unspecified atom stereocenters. The highest BCUT2D eigenvalue weighted by Crippen LogP contribution is 2.19. The molecular weight excluding hydrogens is 707 g/mol. The zero-order chi connectivity index (χ0) is 29.9. The molecular formula is C19H31Cl3N6O6S6. The van der Waals surface area contributed by atoms with Crippen LogP contribution in [0.15, 0.2) is 0 Å². The van der Waals surface area contributed by atoms with Gasteiger partial charge in [0.15, 0.2) is 44.8 Å². The Morgan fingerprint density at radius 1 is 0.600 bits per heavy atom. The van der Waals surface area contributed by atoms with Crippen LogP contribution in [0.25, 0.3) is 0 Å². The van der Waals surface area contributed by atoms with Crippen LogP contribution in [0.2, 0.25) is 0 Å². The summed E-state index contributed by atoms with van der Waals surface area (Å²) in [6, 6.07) is -1.56. The van der Waals surface area contributed by atoms with E-state index < -0.39 is 63.8 Å². The molecule has 3 rings (SSSR count). The molecule has 3 aliphatic rings. The van der Waals surface area contributed by atoms with Crippen LogP contribution in [-0.2, 0) is 29.5 Å². The van der Waals surface area contributed by atoms with E-state index in [2.05, 4.69) is 26.6 Å². The van der Waals surface area contributed by atoms with Crippen LogP contribution in [0, 0.1) is 0 Å². The average Bonchev–Trinajstić information content (AvgIpc) is 3.32. The van der Waals surface area contributed by atoms with Crippen LogP contribution < -0.4 is 26.6 Å². The van der Waals surface area contributed by atoms with Crippen molar-refractivity contribution in [2.24, 2.45) is 0 Å². The van der Waals surface area contributed by atoms with Crippen molar-refractivity contribution < 1.29 is 25.3 Å². The van der Waals surface area contributed by atoms with Gasteiger partial charge in [0.05, 0.1) is 68.8 Å². The molecule has 40 heavy (non-hydrogen) atoms. The van der Waals surface area contributed by atoms with E-state index in [0.29, 0.717) is 26.2 Å². The van der Waals surface area contributed by atoms with Gasteiger partial charge in [0.25, 0.3) is 0 Å². The fraction of sp³-hybridized carbons (Fsp3) is 0.842. The monoisotopic (exact) mass is 736 g/mol. The van der Waals surface area contributed by atoms with E-state index in [0.717, 1.165) is 0 Å². The first-order valence-electron chi connectivity index (χ1n) is 12.1. The van der Waals surface area contributed by atoms with Crippen molar-refractivity contribution in [1.82, 2.24) is 31.5 Å². The lowest BCUT2D eigenvalue weighted by molar-refractivity contribution is 0.410. The number of rotatable bonds is 9. The summed E-state index contributed by atoms with van der Waals surface area (Å²) in [4.78, 5) is 1.77. The van der Waals surface area contributed by atoms with E-state index >= 15 is 0 Å². The third-order valence-corrected chi connectivity index (χ3v) is 14.4. The van der Waals surface area contributed by atoms with Crippen LogP contribution in [-0.4, -0.2) is 140 Å². The molecule has 3 saturated heterocycles. The Bertz CT molecular complexity index is 1240. The number of halogens is 3. The Morgan fingerprint density at radius 2 is 0.925 bits per heavy atom. The van der Waals surface area contributed by atoms with Gasteiger partial charge in [0.1, 0.15) is 0 Å². The van der Waals surface area contributed by atoms with Crippen molar-refractivity contribution in [3.05, 3.63) is 0 Å². The number of hydrogen-bond donors (Lipinski definition) is 5. The number of nitrogens with one attached hydrogen (secondary N) is 5. The molecule has 12 nitrogen and oxygen atoms in total. The van der Waals surface area contributed by atoms with Crippen molar-refractivity contribution in [2.45, 2.75) is 34.3 Å². The lowest BCUT2D eigenvalue weighted by Crippen LogP contribution is -2.53. The molecule has 6 atom stereocenters. The third-order valence-electron chi connectivity index (χ3n) is 6.41. The van der Waals surface area contributed by atoms with Gasteiger partial charge in [-0.2, -0.15) is 0 Å². The highest BCUT2D eigenvalue weighted by molar-refractivity contribution is 7.92. The van der Waals surface area contributed by atoms with Gasteiger partial charge in [-0.3, -0.25) is 0 Å². The summed E-state index contributed by atoms with van der Waals surface area (Å²) in [7, 11) is -9.72. The maximum atomic E-state index is 12.0. The van der Waals surface area contributed by atoms with Crippen molar-refractivity contribution in [2.75, 3.05) is 60.7 Å². The standard InChI is InChI=1S/C19H31Cl3N6O6S6/c20-11-5-38(29,30)8-14(11)25-17(35)23-1-3-28(19(37)27-16-10-40(33,34)7-13(16)22)4-2-24-18(36)26-15-9-39(31,32)6-12(15)21/h11-16H,1-10H2,(H,27,37)(H2,23,25,35)(H2,24,26,36). The Hall–Kier alpha value is -0.210. The SMILES string of the molecule is O=S1(=O)CC(Cl)C(NC(=S)NCCN(CCNC(=S)NC2CS(=O)(=O)CC2Cl)C(=S)NC2CS(=O)(=O)CC2Cl)C1. The fourth-order valence-electron chi connectivity index (χ4n) is 4.42. The van der Waals surface area contributed by atoms with Crippen molar-refractivity contribution in [3.8, 4) is 0 Å². The molecule has 0 amide bonds. The summed E-state index contributed by atoms with van der Waals surface area (Å²) >= 11 is 34.6. The molecule has 230 valence electrons. The highest BCUT2D eigenvalue weighted by Gasteiger charge is 2.39. The summed E-state index contributed by atoms with van der Waals surface area (Å²) in [5.41, 5.74) is 0. The van der Waals surface area contributed by atoms with E-state index in [4.69, 9.17) is 71.5 Å². The summed E-state index contributed by atoms with van der Waals surface area (Å²) in [5.74, 6) is -0.733. The predicted molar refractivity (Wildman–Crippen MR) is 171 cm³/mol. The maximum Gasteiger partial charge on any atom is 0.169 e. The number of hydrogen-bond acceptors (Lipinski definition) is 9. The Kier molecular flexibility index (Phi) is 12.0. The maximum absolute atomic E-state index is 12.0.